The fraction of sp³-hybridized carbons (Fsp3) is 0.538. The van der Waals surface area contributed by atoms with Crippen LogP contribution < -0.4 is 11.2 Å². The molecule has 0 aliphatic carbocycles. The molecule has 0 radical (unpaired) electrons. The number of hydrogen-bond donors (Lipinski definition) is 1. The molecule has 35 heavy (non-hydrogen) atoms. The molecule has 0 spiro atoms. The fourth-order valence-corrected chi connectivity index (χ4v) is 4.95. The first-order chi connectivity index (χ1) is 16.8. The van der Waals surface area contributed by atoms with Crippen molar-refractivity contribution in [3.8, 4) is 0 Å². The Morgan fingerprint density at radius 3 is 2.63 bits per heavy atom. The lowest BCUT2D eigenvalue weighted by molar-refractivity contribution is -0.132. The maximum Gasteiger partial charge on any atom is 0.330 e. The first-order valence-electron chi connectivity index (χ1n) is 12.6. The molecule has 1 amide bonds. The Bertz CT molecular complexity index is 1310. The number of hydrogen-bond acceptors (Lipinski definition) is 4. The van der Waals surface area contributed by atoms with Gasteiger partial charge < -0.3 is 9.47 Å². The number of unbranched alkanes of at least 4 members (excludes halogenated alkanes) is 1. The summed E-state index contributed by atoms with van der Waals surface area (Å²) in [4.78, 5) is 47.6. The summed E-state index contributed by atoms with van der Waals surface area (Å²) in [6, 6.07) is 6.30. The summed E-state index contributed by atoms with van der Waals surface area (Å²) in [6.45, 7) is 7.86. The number of amides is 1. The van der Waals surface area contributed by atoms with E-state index in [0.717, 1.165) is 31.2 Å². The highest BCUT2D eigenvalue weighted by Crippen LogP contribution is 2.32. The van der Waals surface area contributed by atoms with Crippen LogP contribution in [-0.4, -0.2) is 36.5 Å². The molecule has 1 saturated heterocycles. The Morgan fingerprint density at radius 1 is 1.20 bits per heavy atom. The van der Waals surface area contributed by atoms with E-state index in [1.54, 1.807) is 12.1 Å². The molecule has 8 nitrogen and oxygen atoms in total. The van der Waals surface area contributed by atoms with Crippen LogP contribution >= 0.6 is 0 Å². The van der Waals surface area contributed by atoms with Gasteiger partial charge in [-0.25, -0.2) is 14.2 Å². The van der Waals surface area contributed by atoms with Crippen molar-refractivity contribution in [3.05, 3.63) is 62.3 Å². The first-order valence-corrected chi connectivity index (χ1v) is 12.6. The lowest BCUT2D eigenvalue weighted by Gasteiger charge is -2.25. The van der Waals surface area contributed by atoms with Crippen LogP contribution in [0.4, 0.5) is 4.39 Å². The minimum Gasteiger partial charge on any atom is -0.336 e. The Balaban J connectivity index is 1.62. The van der Waals surface area contributed by atoms with Gasteiger partial charge in [0, 0.05) is 32.5 Å². The zero-order valence-corrected chi connectivity index (χ0v) is 20.7. The second-order valence-corrected chi connectivity index (χ2v) is 9.77. The lowest BCUT2D eigenvalue weighted by Crippen LogP contribution is -2.31. The van der Waals surface area contributed by atoms with Gasteiger partial charge in [-0.2, -0.15) is 0 Å². The number of aryl methyl sites for hydroxylation is 2. The third kappa shape index (κ3) is 5.23. The van der Waals surface area contributed by atoms with Gasteiger partial charge in [-0.05, 0) is 42.9 Å². The zero-order valence-electron chi connectivity index (χ0n) is 20.7. The Kier molecular flexibility index (Phi) is 7.52. The maximum absolute atomic E-state index is 13.4. The number of rotatable bonds is 9. The van der Waals surface area contributed by atoms with Crippen molar-refractivity contribution < 1.29 is 9.18 Å². The second kappa shape index (κ2) is 10.6. The van der Waals surface area contributed by atoms with Crippen LogP contribution in [0.25, 0.3) is 11.2 Å². The zero-order chi connectivity index (χ0) is 25.1. The average molecular weight is 484 g/mol. The quantitative estimate of drug-likeness (QED) is 0.501. The average Bonchev–Trinajstić information content (AvgIpc) is 3.43. The molecule has 1 aromatic carbocycles. The number of nitrogens with zero attached hydrogens (tertiary/aromatic N) is 4. The van der Waals surface area contributed by atoms with Crippen molar-refractivity contribution >= 4 is 17.1 Å². The molecule has 2 aromatic heterocycles. The summed E-state index contributed by atoms with van der Waals surface area (Å²) in [6.07, 6.45) is 4.07. The molecule has 4 rings (SSSR count). The van der Waals surface area contributed by atoms with Crippen LogP contribution in [0, 0.1) is 11.7 Å². The molecule has 1 unspecified atom stereocenters. The minimum atomic E-state index is -0.452. The predicted octanol–water partition coefficient (Wildman–Crippen LogP) is 3.78. The first kappa shape index (κ1) is 24.9. The number of benzene rings is 1. The summed E-state index contributed by atoms with van der Waals surface area (Å²) >= 11 is 0. The van der Waals surface area contributed by atoms with Gasteiger partial charge in [0.2, 0.25) is 5.91 Å². The number of imidazole rings is 1. The van der Waals surface area contributed by atoms with E-state index in [1.807, 2.05) is 16.4 Å². The van der Waals surface area contributed by atoms with E-state index in [1.165, 1.54) is 16.7 Å². The van der Waals surface area contributed by atoms with Crippen LogP contribution in [0.1, 0.15) is 70.3 Å². The molecular formula is C26H34FN5O3. The van der Waals surface area contributed by atoms with Crippen LogP contribution in [0.5, 0.6) is 0 Å². The Labute approximate surface area is 203 Å². The van der Waals surface area contributed by atoms with Gasteiger partial charge in [0.05, 0.1) is 6.04 Å². The van der Waals surface area contributed by atoms with Gasteiger partial charge in [0.25, 0.3) is 5.56 Å². The third-order valence-electron chi connectivity index (χ3n) is 6.64. The lowest BCUT2D eigenvalue weighted by atomic mass is 10.0. The van der Waals surface area contributed by atoms with Gasteiger partial charge in [-0.15, -0.1) is 0 Å². The number of fused-ring (bicyclic) bond motifs is 1. The number of likely N-dealkylation sites (tertiary alicyclic amines) is 1. The molecule has 0 saturated carbocycles. The Hall–Kier alpha value is -3.23. The topological polar surface area (TPSA) is 93.0 Å². The second-order valence-electron chi connectivity index (χ2n) is 9.77. The van der Waals surface area contributed by atoms with Crippen molar-refractivity contribution in [1.82, 2.24) is 24.0 Å². The summed E-state index contributed by atoms with van der Waals surface area (Å²) in [5.41, 5.74) is 0.824. The molecular weight excluding hydrogens is 449 g/mol. The predicted molar refractivity (Wildman–Crippen MR) is 133 cm³/mol. The van der Waals surface area contributed by atoms with Crippen molar-refractivity contribution in [1.29, 1.82) is 0 Å². The molecule has 1 aliphatic heterocycles. The number of nitrogens with one attached hydrogen (secondary N) is 1. The summed E-state index contributed by atoms with van der Waals surface area (Å²) in [5, 5.41) is 0. The van der Waals surface area contributed by atoms with Gasteiger partial charge in [-0.3, -0.25) is 19.1 Å². The molecule has 3 aromatic rings. The normalized spacial score (nSPS) is 16.0. The molecule has 0 bridgehead atoms. The highest BCUT2D eigenvalue weighted by atomic mass is 19.1. The van der Waals surface area contributed by atoms with Gasteiger partial charge in [-0.1, -0.05) is 39.3 Å². The Morgan fingerprint density at radius 2 is 1.94 bits per heavy atom. The molecule has 3 heterocycles. The van der Waals surface area contributed by atoms with Crippen molar-refractivity contribution in [2.75, 3.05) is 6.54 Å². The standard InChI is InChI=1S/C26H34FN5O3/c1-4-5-14-31-24-23(25(34)29-26(31)35)32(16-17(2)3)21(28-24)12-13-22(33)30-15-6-7-20(30)18-8-10-19(27)11-9-18/h8-11,17,20H,4-7,12-16H2,1-3H3,(H,29,34,35). The highest BCUT2D eigenvalue weighted by molar-refractivity contribution is 5.77. The molecule has 1 N–H and O–H groups in total. The van der Waals surface area contributed by atoms with E-state index in [9.17, 15) is 18.8 Å². The monoisotopic (exact) mass is 483 g/mol. The molecule has 1 aliphatic rings. The molecule has 9 heteroatoms. The van der Waals surface area contributed by atoms with Gasteiger partial charge >= 0.3 is 5.69 Å². The summed E-state index contributed by atoms with van der Waals surface area (Å²) < 4.78 is 16.8. The van der Waals surface area contributed by atoms with Crippen LogP contribution in [0.2, 0.25) is 0 Å². The van der Waals surface area contributed by atoms with Crippen LogP contribution in [-0.2, 0) is 24.3 Å². The number of aromatic nitrogens is 4. The molecule has 1 atom stereocenters. The number of halogens is 1. The summed E-state index contributed by atoms with van der Waals surface area (Å²) in [7, 11) is 0. The number of H-pyrrole nitrogens is 1. The number of carbonyl (C=O) groups excluding carboxylic acids is 1. The van der Waals surface area contributed by atoms with Crippen molar-refractivity contribution in [3.63, 3.8) is 0 Å². The SMILES string of the molecule is CCCCn1c(=O)[nH]c(=O)c2c1nc(CCC(=O)N1CCCC1c1ccc(F)cc1)n2CC(C)C. The summed E-state index contributed by atoms with van der Waals surface area (Å²) in [5.74, 6) is 0.609. The van der Waals surface area contributed by atoms with Gasteiger partial charge in [0.1, 0.15) is 11.6 Å². The molecule has 1 fully saturated rings. The van der Waals surface area contributed by atoms with E-state index in [-0.39, 0.29) is 30.1 Å². The van der Waals surface area contributed by atoms with E-state index in [2.05, 4.69) is 18.8 Å². The smallest absolute Gasteiger partial charge is 0.330 e. The van der Waals surface area contributed by atoms with Crippen LogP contribution in [0.3, 0.4) is 0 Å². The van der Waals surface area contributed by atoms with Crippen LogP contribution in [0.15, 0.2) is 33.9 Å². The van der Waals surface area contributed by atoms with E-state index in [0.29, 0.717) is 43.0 Å². The fourth-order valence-electron chi connectivity index (χ4n) is 4.95. The maximum atomic E-state index is 13.4. The third-order valence-corrected chi connectivity index (χ3v) is 6.64. The van der Waals surface area contributed by atoms with E-state index < -0.39 is 11.2 Å². The van der Waals surface area contributed by atoms with Crippen molar-refractivity contribution in [2.24, 2.45) is 5.92 Å². The highest BCUT2D eigenvalue weighted by Gasteiger charge is 2.30. The van der Waals surface area contributed by atoms with E-state index >= 15 is 0 Å². The number of carbonyl (C=O) groups is 1. The molecule has 188 valence electrons. The number of aromatic amines is 1. The van der Waals surface area contributed by atoms with Crippen molar-refractivity contribution in [2.45, 2.75) is 78.4 Å². The largest absolute Gasteiger partial charge is 0.336 e. The minimum absolute atomic E-state index is 0.0114. The van der Waals surface area contributed by atoms with Gasteiger partial charge in [0.15, 0.2) is 11.2 Å². The van der Waals surface area contributed by atoms with E-state index in [4.69, 9.17) is 4.98 Å².